The van der Waals surface area contributed by atoms with Crippen LogP contribution in [0.1, 0.15) is 0 Å². The van der Waals surface area contributed by atoms with E-state index in [0.717, 1.165) is 10.2 Å². The van der Waals surface area contributed by atoms with Crippen molar-refractivity contribution in [3.8, 4) is 17.2 Å². The van der Waals surface area contributed by atoms with Crippen LogP contribution < -0.4 is 19.5 Å². The number of benzene rings is 2. The van der Waals surface area contributed by atoms with Crippen LogP contribution in [0.25, 0.3) is 10.2 Å². The number of fused-ring (bicyclic) bond motifs is 1. The number of hydrogen-bond donors (Lipinski definition) is 1. The second-order valence-electron chi connectivity index (χ2n) is 4.96. The summed E-state index contributed by atoms with van der Waals surface area (Å²) in [4.78, 5) is 14.9. The van der Waals surface area contributed by atoms with Crippen molar-refractivity contribution in [2.24, 2.45) is 0 Å². The number of methoxy groups -OCH3 is 3. The maximum Gasteiger partial charge on any atom is 0.273 e. The summed E-state index contributed by atoms with van der Waals surface area (Å²) >= 11 is 1.42. The van der Waals surface area contributed by atoms with Gasteiger partial charge >= 0.3 is 0 Å². The third kappa shape index (κ3) is 3.26. The Bertz CT molecular complexity index is 900. The molecule has 0 saturated carbocycles. The van der Waals surface area contributed by atoms with Gasteiger partial charge in [-0.2, -0.15) is 0 Å². The predicted molar refractivity (Wildman–Crippen MR) is 95.7 cm³/mol. The molecule has 0 radical (unpaired) electrons. The number of nitrogens with zero attached hydrogens (tertiary/aromatic N) is 2. The quantitative estimate of drug-likeness (QED) is 0.524. The molecule has 0 fully saturated rings. The van der Waals surface area contributed by atoms with Crippen LogP contribution in [0, 0.1) is 10.1 Å². The van der Waals surface area contributed by atoms with E-state index in [1.54, 1.807) is 26.4 Å². The molecule has 1 N–H and O–H groups in total. The Hall–Kier alpha value is -3.07. The number of nitrogens with one attached hydrogen (secondary N) is 1. The molecule has 0 aliphatic carbocycles. The van der Waals surface area contributed by atoms with E-state index in [0.29, 0.717) is 28.1 Å². The van der Waals surface area contributed by atoms with Gasteiger partial charge in [0.1, 0.15) is 5.75 Å². The Labute approximate surface area is 147 Å². The molecule has 3 rings (SSSR count). The van der Waals surface area contributed by atoms with Crippen LogP contribution in [0.2, 0.25) is 0 Å². The summed E-state index contributed by atoms with van der Waals surface area (Å²) in [7, 11) is 4.60. The second-order valence-corrected chi connectivity index (χ2v) is 5.99. The molecule has 2 aromatic carbocycles. The van der Waals surface area contributed by atoms with E-state index in [9.17, 15) is 10.1 Å². The highest BCUT2D eigenvalue weighted by molar-refractivity contribution is 7.22. The maximum absolute atomic E-state index is 10.9. The van der Waals surface area contributed by atoms with Crippen molar-refractivity contribution in [3.63, 3.8) is 0 Å². The molecule has 0 bridgehead atoms. The predicted octanol–water partition coefficient (Wildman–Crippen LogP) is 3.97. The van der Waals surface area contributed by atoms with E-state index < -0.39 is 4.92 Å². The Kier molecular flexibility index (Phi) is 4.57. The second kappa shape index (κ2) is 6.81. The molecule has 3 aromatic rings. The summed E-state index contributed by atoms with van der Waals surface area (Å²) in [5.74, 6) is 1.58. The van der Waals surface area contributed by atoms with Crippen LogP contribution in [-0.4, -0.2) is 31.2 Å². The minimum atomic E-state index is -0.470. The van der Waals surface area contributed by atoms with Crippen LogP contribution >= 0.6 is 11.3 Å². The van der Waals surface area contributed by atoms with Crippen LogP contribution in [-0.2, 0) is 0 Å². The largest absolute Gasteiger partial charge is 0.494 e. The number of nitro groups is 1. The number of anilines is 2. The fourth-order valence-electron chi connectivity index (χ4n) is 2.32. The van der Waals surface area contributed by atoms with Gasteiger partial charge in [-0.15, -0.1) is 0 Å². The molecule has 0 spiro atoms. The Morgan fingerprint density at radius 1 is 1.04 bits per heavy atom. The van der Waals surface area contributed by atoms with E-state index in [2.05, 4.69) is 10.3 Å². The summed E-state index contributed by atoms with van der Waals surface area (Å²) in [5.41, 5.74) is 1.30. The van der Waals surface area contributed by atoms with Gasteiger partial charge in [0, 0.05) is 18.2 Å². The number of ether oxygens (including phenoxy) is 3. The number of aromatic nitrogens is 1. The van der Waals surface area contributed by atoms with Crippen LogP contribution in [0.4, 0.5) is 16.5 Å². The number of thiazole rings is 1. The molecule has 1 aromatic heterocycles. The Morgan fingerprint density at radius 2 is 1.72 bits per heavy atom. The lowest BCUT2D eigenvalue weighted by molar-refractivity contribution is -0.384. The van der Waals surface area contributed by atoms with Gasteiger partial charge in [0.15, 0.2) is 16.6 Å². The van der Waals surface area contributed by atoms with Crippen molar-refractivity contribution in [1.29, 1.82) is 0 Å². The minimum absolute atomic E-state index is 0.0406. The highest BCUT2D eigenvalue weighted by atomic mass is 32.1. The summed E-state index contributed by atoms with van der Waals surface area (Å²) in [6.45, 7) is 0. The van der Waals surface area contributed by atoms with Gasteiger partial charge in [0.2, 0.25) is 0 Å². The van der Waals surface area contributed by atoms with Crippen molar-refractivity contribution >= 4 is 38.1 Å². The van der Waals surface area contributed by atoms with Gasteiger partial charge in [-0.25, -0.2) is 4.98 Å². The zero-order valence-corrected chi connectivity index (χ0v) is 14.5. The van der Waals surface area contributed by atoms with E-state index >= 15 is 0 Å². The SMILES string of the molecule is COc1cc([N+](=O)[O-])ccc1Nc1nc2cc(OC)c(OC)cc2s1. The Balaban J connectivity index is 1.96. The molecule has 0 aliphatic heterocycles. The van der Waals surface area contributed by atoms with Crippen LogP contribution in [0.15, 0.2) is 30.3 Å². The van der Waals surface area contributed by atoms with Gasteiger partial charge < -0.3 is 19.5 Å². The number of hydrogen-bond acceptors (Lipinski definition) is 8. The topological polar surface area (TPSA) is 95.8 Å². The first-order valence-electron chi connectivity index (χ1n) is 7.17. The van der Waals surface area contributed by atoms with Gasteiger partial charge in [-0.3, -0.25) is 10.1 Å². The summed E-state index contributed by atoms with van der Waals surface area (Å²) in [6, 6.07) is 8.00. The summed E-state index contributed by atoms with van der Waals surface area (Å²) < 4.78 is 16.7. The minimum Gasteiger partial charge on any atom is -0.494 e. The lowest BCUT2D eigenvalue weighted by Crippen LogP contribution is -1.96. The zero-order valence-electron chi connectivity index (χ0n) is 13.7. The normalized spacial score (nSPS) is 10.5. The molecule has 0 unspecified atom stereocenters. The monoisotopic (exact) mass is 361 g/mol. The van der Waals surface area contributed by atoms with E-state index in [-0.39, 0.29) is 5.69 Å². The van der Waals surface area contributed by atoms with Crippen molar-refractivity contribution in [2.75, 3.05) is 26.6 Å². The van der Waals surface area contributed by atoms with Gasteiger partial charge in [-0.1, -0.05) is 11.3 Å². The fourth-order valence-corrected chi connectivity index (χ4v) is 3.21. The number of rotatable bonds is 6. The molecular formula is C16H15N3O5S. The van der Waals surface area contributed by atoms with Gasteiger partial charge in [-0.05, 0) is 6.07 Å². The molecule has 1 heterocycles. The first-order chi connectivity index (χ1) is 12.0. The molecule has 0 aliphatic rings. The molecule has 130 valence electrons. The summed E-state index contributed by atoms with van der Waals surface area (Å²) in [5, 5.41) is 14.6. The zero-order chi connectivity index (χ0) is 18.0. The standard InChI is InChI=1S/C16H15N3O5S/c1-22-12-6-9(19(20)21)4-5-10(12)17-16-18-11-7-13(23-2)14(24-3)8-15(11)25-16/h4-8H,1-3H3,(H,17,18). The highest BCUT2D eigenvalue weighted by Gasteiger charge is 2.14. The highest BCUT2D eigenvalue weighted by Crippen LogP contribution is 2.38. The van der Waals surface area contributed by atoms with Gasteiger partial charge in [0.05, 0.1) is 48.2 Å². The lowest BCUT2D eigenvalue weighted by atomic mass is 10.2. The lowest BCUT2D eigenvalue weighted by Gasteiger charge is -2.08. The Morgan fingerprint density at radius 3 is 2.36 bits per heavy atom. The molecule has 0 atom stereocenters. The third-order valence-electron chi connectivity index (χ3n) is 3.53. The first kappa shape index (κ1) is 16.8. The maximum atomic E-state index is 10.9. The molecule has 8 nitrogen and oxygen atoms in total. The molecule has 9 heteroatoms. The first-order valence-corrected chi connectivity index (χ1v) is 7.99. The molecule has 25 heavy (non-hydrogen) atoms. The van der Waals surface area contributed by atoms with Crippen molar-refractivity contribution in [1.82, 2.24) is 4.98 Å². The number of nitro benzene ring substituents is 1. The van der Waals surface area contributed by atoms with E-state index in [4.69, 9.17) is 14.2 Å². The number of non-ortho nitro benzene ring substituents is 1. The molecule has 0 amide bonds. The average molecular weight is 361 g/mol. The molecular weight excluding hydrogens is 346 g/mol. The van der Waals surface area contributed by atoms with Crippen LogP contribution in [0.5, 0.6) is 17.2 Å². The molecule has 0 saturated heterocycles. The van der Waals surface area contributed by atoms with E-state index in [1.807, 2.05) is 6.07 Å². The third-order valence-corrected chi connectivity index (χ3v) is 4.46. The van der Waals surface area contributed by atoms with Crippen molar-refractivity contribution in [2.45, 2.75) is 0 Å². The van der Waals surface area contributed by atoms with Gasteiger partial charge in [0.25, 0.3) is 5.69 Å². The van der Waals surface area contributed by atoms with Crippen LogP contribution in [0.3, 0.4) is 0 Å². The summed E-state index contributed by atoms with van der Waals surface area (Å²) in [6.07, 6.45) is 0. The smallest absolute Gasteiger partial charge is 0.273 e. The van der Waals surface area contributed by atoms with Crippen molar-refractivity contribution in [3.05, 3.63) is 40.4 Å². The van der Waals surface area contributed by atoms with E-state index in [1.165, 1.54) is 30.6 Å². The van der Waals surface area contributed by atoms with Crippen molar-refractivity contribution < 1.29 is 19.1 Å². The average Bonchev–Trinajstić information content (AvgIpc) is 3.01. The fraction of sp³-hybridized carbons (Fsp3) is 0.188.